The number of aromatic nitrogens is 2. The Kier molecular flexibility index (Phi) is 3.84. The first-order valence-electron chi connectivity index (χ1n) is 11.1. The van der Waals surface area contributed by atoms with Crippen LogP contribution in [0.15, 0.2) is 115 Å². The molecule has 0 saturated heterocycles. The zero-order valence-electron chi connectivity index (χ0n) is 17.8. The molecule has 33 heavy (non-hydrogen) atoms. The molecular formula is C30H19N3. The van der Waals surface area contributed by atoms with Gasteiger partial charge in [-0.3, -0.25) is 9.88 Å². The molecule has 0 saturated carbocycles. The fourth-order valence-corrected chi connectivity index (χ4v) is 4.93. The smallest absolute Gasteiger partial charge is 0.148 e. The predicted molar refractivity (Wildman–Crippen MR) is 136 cm³/mol. The van der Waals surface area contributed by atoms with Gasteiger partial charge in [0, 0.05) is 22.8 Å². The van der Waals surface area contributed by atoms with Gasteiger partial charge in [-0.05, 0) is 46.8 Å². The molecule has 3 heteroatoms. The van der Waals surface area contributed by atoms with Crippen LogP contribution in [0.4, 0.5) is 17.2 Å². The highest BCUT2D eigenvalue weighted by atomic mass is 15.2. The van der Waals surface area contributed by atoms with Gasteiger partial charge in [0.25, 0.3) is 0 Å². The zero-order chi connectivity index (χ0) is 21.8. The minimum absolute atomic E-state index is 0.929. The molecule has 0 N–H and O–H groups in total. The maximum absolute atomic E-state index is 5.16. The molecular weight excluding hydrogens is 402 g/mol. The van der Waals surface area contributed by atoms with Crippen molar-refractivity contribution in [3.8, 4) is 22.4 Å². The molecule has 0 unspecified atom stereocenters. The van der Waals surface area contributed by atoms with Crippen molar-refractivity contribution < 1.29 is 0 Å². The summed E-state index contributed by atoms with van der Waals surface area (Å²) in [6.45, 7) is 0. The van der Waals surface area contributed by atoms with Crippen LogP contribution in [0.2, 0.25) is 0 Å². The number of rotatable bonds is 2. The third kappa shape index (κ3) is 2.69. The maximum Gasteiger partial charge on any atom is 0.148 e. The Morgan fingerprint density at radius 2 is 1.30 bits per heavy atom. The summed E-state index contributed by atoms with van der Waals surface area (Å²) in [5, 5.41) is 3.43. The van der Waals surface area contributed by atoms with Gasteiger partial charge in [0.2, 0.25) is 0 Å². The van der Waals surface area contributed by atoms with Gasteiger partial charge in [0.1, 0.15) is 5.82 Å². The second kappa shape index (κ2) is 7.01. The second-order valence-corrected chi connectivity index (χ2v) is 8.30. The molecule has 1 aliphatic rings. The molecule has 1 aliphatic heterocycles. The summed E-state index contributed by atoms with van der Waals surface area (Å²) in [4.78, 5) is 12.2. The molecule has 2 aromatic heterocycles. The Morgan fingerprint density at radius 3 is 2.18 bits per heavy atom. The van der Waals surface area contributed by atoms with E-state index in [2.05, 4.69) is 102 Å². The average molecular weight is 422 g/mol. The zero-order valence-corrected chi connectivity index (χ0v) is 17.8. The van der Waals surface area contributed by atoms with E-state index in [9.17, 15) is 0 Å². The van der Waals surface area contributed by atoms with Crippen LogP contribution >= 0.6 is 0 Å². The van der Waals surface area contributed by atoms with E-state index in [-0.39, 0.29) is 0 Å². The van der Waals surface area contributed by atoms with Crippen LogP contribution in [-0.2, 0) is 0 Å². The molecule has 0 atom stereocenters. The summed E-state index contributed by atoms with van der Waals surface area (Å²) < 4.78 is 0. The predicted octanol–water partition coefficient (Wildman–Crippen LogP) is 7.90. The molecule has 6 aromatic rings. The molecule has 0 radical (unpaired) electrons. The third-order valence-electron chi connectivity index (χ3n) is 6.44. The number of para-hydroxylation sites is 2. The normalized spacial score (nSPS) is 12.2. The number of fused-ring (bicyclic) bond motifs is 4. The van der Waals surface area contributed by atoms with Crippen molar-refractivity contribution in [1.82, 2.24) is 9.97 Å². The number of nitrogens with zero attached hydrogens (tertiary/aromatic N) is 3. The van der Waals surface area contributed by atoms with E-state index in [0.717, 1.165) is 44.7 Å². The number of hydrogen-bond acceptors (Lipinski definition) is 3. The average Bonchev–Trinajstić information content (AvgIpc) is 2.90. The lowest BCUT2D eigenvalue weighted by molar-refractivity contribution is 1.20. The Balaban J connectivity index is 1.52. The second-order valence-electron chi connectivity index (χ2n) is 8.30. The lowest BCUT2D eigenvalue weighted by Crippen LogP contribution is -2.17. The SMILES string of the molecule is c1ccc(-c2ccc(N3c4ccccc4-c4nccc5c4c3nc3ccccc35)cc2)cc1. The van der Waals surface area contributed by atoms with Gasteiger partial charge >= 0.3 is 0 Å². The molecule has 0 amide bonds. The number of benzene rings is 4. The minimum atomic E-state index is 0.929. The quantitative estimate of drug-likeness (QED) is 0.266. The van der Waals surface area contributed by atoms with Crippen LogP contribution < -0.4 is 4.90 Å². The van der Waals surface area contributed by atoms with Crippen LogP contribution in [0.5, 0.6) is 0 Å². The first kappa shape index (κ1) is 18.1. The number of pyridine rings is 2. The summed E-state index contributed by atoms with van der Waals surface area (Å²) in [6, 6.07) is 38.1. The van der Waals surface area contributed by atoms with Crippen molar-refractivity contribution in [2.75, 3.05) is 4.90 Å². The first-order valence-corrected chi connectivity index (χ1v) is 11.1. The Morgan fingerprint density at radius 1 is 0.576 bits per heavy atom. The van der Waals surface area contributed by atoms with Gasteiger partial charge in [0.05, 0.1) is 22.3 Å². The van der Waals surface area contributed by atoms with Crippen molar-refractivity contribution in [2.24, 2.45) is 0 Å². The summed E-state index contributed by atoms with van der Waals surface area (Å²) in [6.07, 6.45) is 1.91. The summed E-state index contributed by atoms with van der Waals surface area (Å²) in [7, 11) is 0. The van der Waals surface area contributed by atoms with Crippen molar-refractivity contribution in [2.45, 2.75) is 0 Å². The van der Waals surface area contributed by atoms with E-state index < -0.39 is 0 Å². The summed E-state index contributed by atoms with van der Waals surface area (Å²) in [5.74, 6) is 0.929. The van der Waals surface area contributed by atoms with Crippen molar-refractivity contribution >= 4 is 38.9 Å². The van der Waals surface area contributed by atoms with Crippen LogP contribution in [0.1, 0.15) is 0 Å². The third-order valence-corrected chi connectivity index (χ3v) is 6.44. The highest BCUT2D eigenvalue weighted by Gasteiger charge is 2.28. The largest absolute Gasteiger partial charge is 0.294 e. The van der Waals surface area contributed by atoms with E-state index in [4.69, 9.17) is 9.97 Å². The Hall–Kier alpha value is -4.50. The van der Waals surface area contributed by atoms with E-state index in [0.29, 0.717) is 0 Å². The van der Waals surface area contributed by atoms with Gasteiger partial charge in [-0.15, -0.1) is 0 Å². The minimum Gasteiger partial charge on any atom is -0.294 e. The molecule has 0 bridgehead atoms. The highest BCUT2D eigenvalue weighted by molar-refractivity contribution is 6.19. The Labute approximate surface area is 191 Å². The standard InChI is InChI=1S/C30H19N3/c1-2-8-20(9-3-1)21-14-16-22(17-15-21)33-27-13-7-5-11-25(27)29-28-24(18-19-31-29)23-10-4-6-12-26(23)32-30(28)33/h1-19H. The molecule has 154 valence electrons. The van der Waals surface area contributed by atoms with Gasteiger partial charge in [-0.1, -0.05) is 78.9 Å². The van der Waals surface area contributed by atoms with E-state index in [1.807, 2.05) is 18.3 Å². The number of anilines is 3. The summed E-state index contributed by atoms with van der Waals surface area (Å²) in [5.41, 5.74) is 7.70. The molecule has 4 aromatic carbocycles. The van der Waals surface area contributed by atoms with Gasteiger partial charge < -0.3 is 0 Å². The molecule has 3 nitrogen and oxygen atoms in total. The fourth-order valence-electron chi connectivity index (χ4n) is 4.93. The number of hydrogen-bond donors (Lipinski definition) is 0. The first-order chi connectivity index (χ1) is 16.4. The van der Waals surface area contributed by atoms with Gasteiger partial charge in [0.15, 0.2) is 0 Å². The Bertz CT molecular complexity index is 1650. The van der Waals surface area contributed by atoms with Crippen LogP contribution in [0, 0.1) is 0 Å². The van der Waals surface area contributed by atoms with Crippen molar-refractivity contribution in [3.63, 3.8) is 0 Å². The molecule has 7 rings (SSSR count). The fraction of sp³-hybridized carbons (Fsp3) is 0. The van der Waals surface area contributed by atoms with Gasteiger partial charge in [-0.25, -0.2) is 4.98 Å². The van der Waals surface area contributed by atoms with Crippen LogP contribution in [-0.4, -0.2) is 9.97 Å². The monoisotopic (exact) mass is 421 g/mol. The lowest BCUT2D eigenvalue weighted by atomic mass is 9.95. The maximum atomic E-state index is 5.16. The molecule has 3 heterocycles. The molecule has 0 fully saturated rings. The van der Waals surface area contributed by atoms with E-state index >= 15 is 0 Å². The van der Waals surface area contributed by atoms with Gasteiger partial charge in [-0.2, -0.15) is 0 Å². The van der Waals surface area contributed by atoms with Crippen LogP contribution in [0.3, 0.4) is 0 Å². The highest BCUT2D eigenvalue weighted by Crippen LogP contribution is 2.50. The van der Waals surface area contributed by atoms with Crippen LogP contribution in [0.25, 0.3) is 44.1 Å². The van der Waals surface area contributed by atoms with E-state index in [1.54, 1.807) is 0 Å². The molecule has 0 aliphatic carbocycles. The van der Waals surface area contributed by atoms with Crippen molar-refractivity contribution in [3.05, 3.63) is 115 Å². The molecule has 0 spiro atoms. The van der Waals surface area contributed by atoms with Crippen molar-refractivity contribution in [1.29, 1.82) is 0 Å². The topological polar surface area (TPSA) is 29.0 Å². The van der Waals surface area contributed by atoms with E-state index in [1.165, 1.54) is 16.5 Å². The lowest BCUT2D eigenvalue weighted by Gasteiger charge is -2.32. The summed E-state index contributed by atoms with van der Waals surface area (Å²) >= 11 is 0.